The van der Waals surface area contributed by atoms with Gasteiger partial charge < -0.3 is 11.1 Å². The van der Waals surface area contributed by atoms with Crippen molar-refractivity contribution in [2.45, 2.75) is 4.90 Å². The molecule has 0 bridgehead atoms. The van der Waals surface area contributed by atoms with Gasteiger partial charge in [0.2, 0.25) is 10.0 Å². The lowest BCUT2D eigenvalue weighted by atomic mass is 10.2. The van der Waals surface area contributed by atoms with Crippen LogP contribution in [0.1, 0.15) is 0 Å². The number of nitrogens with one attached hydrogen (secondary N) is 1. The van der Waals surface area contributed by atoms with Crippen LogP contribution in [0.3, 0.4) is 0 Å². The molecule has 0 saturated heterocycles. The highest BCUT2D eigenvalue weighted by Gasteiger charge is 2.14. The maximum atomic E-state index is 13.7. The molecule has 0 aliphatic carbocycles. The monoisotopic (exact) mass is 377 g/mol. The summed E-state index contributed by atoms with van der Waals surface area (Å²) in [6, 6.07) is 5.73. The molecule has 5 nitrogen and oxygen atoms in total. The van der Waals surface area contributed by atoms with Crippen molar-refractivity contribution in [1.82, 2.24) is 0 Å². The van der Waals surface area contributed by atoms with E-state index in [-0.39, 0.29) is 20.7 Å². The maximum absolute atomic E-state index is 13.7. The van der Waals surface area contributed by atoms with E-state index in [9.17, 15) is 17.2 Å². The SMILES string of the molecule is Nc1cc(S(N)(=O)=O)ccc1Nc1c(F)cc(Br)cc1F. The Morgan fingerprint density at radius 1 is 1.10 bits per heavy atom. The number of rotatable bonds is 3. The molecule has 0 spiro atoms. The third-order valence-electron chi connectivity index (χ3n) is 2.62. The number of hydrogen-bond acceptors (Lipinski definition) is 4. The minimum atomic E-state index is -3.90. The van der Waals surface area contributed by atoms with Gasteiger partial charge in [-0.1, -0.05) is 15.9 Å². The predicted molar refractivity (Wildman–Crippen MR) is 79.6 cm³/mol. The number of nitrogens with two attached hydrogens (primary N) is 2. The highest BCUT2D eigenvalue weighted by Crippen LogP contribution is 2.30. The van der Waals surface area contributed by atoms with Crippen LogP contribution in [0.2, 0.25) is 0 Å². The fraction of sp³-hybridized carbons (Fsp3) is 0. The first-order chi connectivity index (χ1) is 9.68. The van der Waals surface area contributed by atoms with Crippen LogP contribution in [0.4, 0.5) is 25.8 Å². The molecule has 2 rings (SSSR count). The van der Waals surface area contributed by atoms with Gasteiger partial charge in [-0.25, -0.2) is 22.3 Å². The van der Waals surface area contributed by atoms with Crippen molar-refractivity contribution < 1.29 is 17.2 Å². The molecule has 0 saturated carbocycles. The largest absolute Gasteiger partial charge is 0.397 e. The van der Waals surface area contributed by atoms with Crippen molar-refractivity contribution in [2.75, 3.05) is 11.1 Å². The molecule has 9 heteroatoms. The van der Waals surface area contributed by atoms with Crippen molar-refractivity contribution in [3.05, 3.63) is 46.4 Å². The topological polar surface area (TPSA) is 98.2 Å². The van der Waals surface area contributed by atoms with Crippen LogP contribution in [0.25, 0.3) is 0 Å². The Kier molecular flexibility index (Phi) is 4.17. The molecule has 2 aromatic carbocycles. The molecule has 5 N–H and O–H groups in total. The number of primary sulfonamides is 1. The first kappa shape index (κ1) is 15.7. The molecule has 0 unspecified atom stereocenters. The Balaban J connectivity index is 2.42. The van der Waals surface area contributed by atoms with Gasteiger partial charge in [0.05, 0.1) is 16.3 Å². The summed E-state index contributed by atoms with van der Waals surface area (Å²) in [5.41, 5.74) is 5.41. The molecule has 0 aliphatic rings. The van der Waals surface area contributed by atoms with Crippen LogP contribution in [0.5, 0.6) is 0 Å². The predicted octanol–water partition coefficient (Wildman–Crippen LogP) is 2.70. The molecule has 0 atom stereocenters. The third kappa shape index (κ3) is 3.49. The van der Waals surface area contributed by atoms with Gasteiger partial charge in [-0.05, 0) is 30.3 Å². The van der Waals surface area contributed by atoms with Crippen LogP contribution in [0, 0.1) is 11.6 Å². The second-order valence-electron chi connectivity index (χ2n) is 4.16. The van der Waals surface area contributed by atoms with Crippen molar-refractivity contribution in [3.63, 3.8) is 0 Å². The zero-order chi connectivity index (χ0) is 15.8. The van der Waals surface area contributed by atoms with Gasteiger partial charge in [0, 0.05) is 4.47 Å². The van der Waals surface area contributed by atoms with E-state index in [0.717, 1.165) is 18.2 Å². The van der Waals surface area contributed by atoms with Crippen LogP contribution in [-0.2, 0) is 10.0 Å². The molecule has 0 fully saturated rings. The Morgan fingerprint density at radius 3 is 2.14 bits per heavy atom. The second kappa shape index (κ2) is 5.58. The highest BCUT2D eigenvalue weighted by molar-refractivity contribution is 9.10. The van der Waals surface area contributed by atoms with Gasteiger partial charge in [-0.15, -0.1) is 0 Å². The molecule has 0 aromatic heterocycles. The number of hydrogen-bond donors (Lipinski definition) is 3. The summed E-state index contributed by atoms with van der Waals surface area (Å²) in [6.45, 7) is 0. The van der Waals surface area contributed by atoms with E-state index in [2.05, 4.69) is 21.2 Å². The van der Waals surface area contributed by atoms with Crippen molar-refractivity contribution in [2.24, 2.45) is 5.14 Å². The highest BCUT2D eigenvalue weighted by atomic mass is 79.9. The summed E-state index contributed by atoms with van der Waals surface area (Å²) < 4.78 is 50.0. The van der Waals surface area contributed by atoms with Crippen LogP contribution in [-0.4, -0.2) is 8.42 Å². The first-order valence-electron chi connectivity index (χ1n) is 5.52. The molecule has 21 heavy (non-hydrogen) atoms. The minimum Gasteiger partial charge on any atom is -0.397 e. The molecular formula is C12H10BrF2N3O2S. The van der Waals surface area contributed by atoms with E-state index in [1.54, 1.807) is 0 Å². The molecule has 0 amide bonds. The van der Waals surface area contributed by atoms with Gasteiger partial charge in [0.1, 0.15) is 5.69 Å². The summed E-state index contributed by atoms with van der Waals surface area (Å²) in [7, 11) is -3.90. The summed E-state index contributed by atoms with van der Waals surface area (Å²) in [5.74, 6) is -1.64. The lowest BCUT2D eigenvalue weighted by Crippen LogP contribution is -2.12. The maximum Gasteiger partial charge on any atom is 0.238 e. The van der Waals surface area contributed by atoms with Gasteiger partial charge in [-0.3, -0.25) is 0 Å². The molecule has 0 heterocycles. The lowest BCUT2D eigenvalue weighted by molar-refractivity contribution is 0.589. The standard InChI is InChI=1S/C12H10BrF2N3O2S/c13-6-3-8(14)12(9(15)4-6)18-11-2-1-7(5-10(11)16)21(17,19)20/h1-5,18H,16H2,(H2,17,19,20). The fourth-order valence-electron chi connectivity index (χ4n) is 1.63. The molecule has 0 radical (unpaired) electrons. The van der Waals surface area contributed by atoms with Crippen LogP contribution < -0.4 is 16.2 Å². The minimum absolute atomic E-state index is 0.0109. The van der Waals surface area contributed by atoms with Crippen molar-refractivity contribution in [1.29, 1.82) is 0 Å². The zero-order valence-electron chi connectivity index (χ0n) is 10.4. The van der Waals surface area contributed by atoms with Gasteiger partial charge >= 0.3 is 0 Å². The summed E-state index contributed by atoms with van der Waals surface area (Å²) in [6.07, 6.45) is 0. The molecule has 2 aromatic rings. The van der Waals surface area contributed by atoms with Gasteiger partial charge in [0.15, 0.2) is 11.6 Å². The molecule has 0 aliphatic heterocycles. The number of benzene rings is 2. The third-order valence-corrected chi connectivity index (χ3v) is 3.99. The first-order valence-corrected chi connectivity index (χ1v) is 7.86. The normalized spacial score (nSPS) is 11.4. The Labute approximate surface area is 128 Å². The summed E-state index contributed by atoms with van der Waals surface area (Å²) >= 11 is 2.97. The number of nitrogen functional groups attached to an aromatic ring is 1. The second-order valence-corrected chi connectivity index (χ2v) is 6.64. The van der Waals surface area contributed by atoms with E-state index in [4.69, 9.17) is 10.9 Å². The average molecular weight is 378 g/mol. The lowest BCUT2D eigenvalue weighted by Gasteiger charge is -2.12. The number of halogens is 3. The number of sulfonamides is 1. The van der Waals surface area contributed by atoms with E-state index < -0.39 is 27.3 Å². The zero-order valence-corrected chi connectivity index (χ0v) is 12.8. The van der Waals surface area contributed by atoms with Crippen molar-refractivity contribution in [3.8, 4) is 0 Å². The number of anilines is 3. The Hall–Kier alpha value is -1.71. The Morgan fingerprint density at radius 2 is 1.67 bits per heavy atom. The van der Waals surface area contributed by atoms with Crippen molar-refractivity contribution >= 4 is 43.0 Å². The van der Waals surface area contributed by atoms with E-state index >= 15 is 0 Å². The smallest absolute Gasteiger partial charge is 0.238 e. The fourth-order valence-corrected chi connectivity index (χ4v) is 2.58. The molecular weight excluding hydrogens is 368 g/mol. The van der Waals surface area contributed by atoms with E-state index in [1.807, 2.05) is 0 Å². The van der Waals surface area contributed by atoms with Crippen LogP contribution in [0.15, 0.2) is 39.7 Å². The van der Waals surface area contributed by atoms with E-state index in [0.29, 0.717) is 0 Å². The van der Waals surface area contributed by atoms with E-state index in [1.165, 1.54) is 12.1 Å². The quantitative estimate of drug-likeness (QED) is 0.716. The van der Waals surface area contributed by atoms with Crippen LogP contribution >= 0.6 is 15.9 Å². The van der Waals surface area contributed by atoms with Gasteiger partial charge in [0.25, 0.3) is 0 Å². The average Bonchev–Trinajstić information content (AvgIpc) is 2.33. The summed E-state index contributed by atoms with van der Waals surface area (Å²) in [4.78, 5) is -0.192. The van der Waals surface area contributed by atoms with Gasteiger partial charge in [-0.2, -0.15) is 0 Å². The Bertz CT molecular complexity index is 789. The summed E-state index contributed by atoms with van der Waals surface area (Å²) in [5, 5.41) is 7.45. The molecule has 112 valence electrons.